The molecule has 2 N–H and O–H groups in total. The number of aromatic nitrogens is 3. The Morgan fingerprint density at radius 2 is 1.85 bits per heavy atom. The van der Waals surface area contributed by atoms with Crippen LogP contribution in [0, 0.1) is 0 Å². The number of hydrogen-bond donors (Lipinski definition) is 2. The Morgan fingerprint density at radius 1 is 1.15 bits per heavy atom. The molecule has 10 nitrogen and oxygen atoms in total. The van der Waals surface area contributed by atoms with E-state index < -0.39 is 54.2 Å². The highest BCUT2D eigenvalue weighted by molar-refractivity contribution is 7.19. The first kappa shape index (κ1) is 31.2. The highest BCUT2D eigenvalue weighted by Crippen LogP contribution is 2.34. The molecular weight excluding hydrogens is 575 g/mol. The molecule has 0 aliphatic rings. The predicted molar refractivity (Wildman–Crippen MR) is 143 cm³/mol. The highest BCUT2D eigenvalue weighted by atomic mass is 35.5. The minimum absolute atomic E-state index is 0.165. The van der Waals surface area contributed by atoms with E-state index >= 15 is 0 Å². The van der Waals surface area contributed by atoms with Gasteiger partial charge in [-0.15, -0.1) is 16.4 Å². The minimum atomic E-state index is -4.71. The van der Waals surface area contributed by atoms with Crippen LogP contribution >= 0.6 is 22.9 Å². The maximum absolute atomic E-state index is 13.7. The molecule has 2 amide bonds. The van der Waals surface area contributed by atoms with Gasteiger partial charge in [-0.3, -0.25) is 9.36 Å². The summed E-state index contributed by atoms with van der Waals surface area (Å²) in [7, 11) is 1.48. The molecule has 0 aliphatic heterocycles. The zero-order valence-electron chi connectivity index (χ0n) is 22.2. The lowest BCUT2D eigenvalue weighted by atomic mass is 9.99. The lowest BCUT2D eigenvalue weighted by Gasteiger charge is -2.26. The highest BCUT2D eigenvalue weighted by Gasteiger charge is 2.36. The summed E-state index contributed by atoms with van der Waals surface area (Å²) in [5.74, 6) is -0.426. The first-order valence-electron chi connectivity index (χ1n) is 12.0. The summed E-state index contributed by atoms with van der Waals surface area (Å²) in [4.78, 5) is 38.9. The number of nitrogens with zero attached hydrogens (tertiary/aromatic N) is 3. The van der Waals surface area contributed by atoms with Crippen molar-refractivity contribution in [1.29, 1.82) is 0 Å². The summed E-state index contributed by atoms with van der Waals surface area (Å²) in [6, 6.07) is 6.74. The van der Waals surface area contributed by atoms with Crippen LogP contribution < -0.4 is 16.3 Å². The third-order valence-electron chi connectivity index (χ3n) is 5.36. The molecule has 1 atom stereocenters. The molecule has 3 rings (SSSR count). The average Bonchev–Trinajstić information content (AvgIpc) is 3.41. The zero-order chi connectivity index (χ0) is 29.7. The van der Waals surface area contributed by atoms with Gasteiger partial charge >= 0.3 is 18.0 Å². The van der Waals surface area contributed by atoms with E-state index in [1.807, 2.05) is 0 Å². The van der Waals surface area contributed by atoms with Crippen molar-refractivity contribution in [3.05, 3.63) is 62.3 Å². The lowest BCUT2D eigenvalue weighted by molar-refractivity contribution is -0.138. The van der Waals surface area contributed by atoms with E-state index in [1.54, 1.807) is 32.9 Å². The van der Waals surface area contributed by atoms with Crippen molar-refractivity contribution in [1.82, 2.24) is 25.0 Å². The Labute approximate surface area is 237 Å². The van der Waals surface area contributed by atoms with Crippen molar-refractivity contribution in [2.24, 2.45) is 0 Å². The first-order valence-corrected chi connectivity index (χ1v) is 13.2. The predicted octanol–water partition coefficient (Wildman–Crippen LogP) is 4.47. The molecule has 0 saturated carbocycles. The summed E-state index contributed by atoms with van der Waals surface area (Å²) in [6.45, 7) is 4.25. The van der Waals surface area contributed by atoms with Gasteiger partial charge in [-0.25, -0.2) is 14.3 Å². The van der Waals surface area contributed by atoms with E-state index in [2.05, 4.69) is 15.7 Å². The molecule has 0 bridgehead atoms. The van der Waals surface area contributed by atoms with Gasteiger partial charge in [0, 0.05) is 13.7 Å². The van der Waals surface area contributed by atoms with Gasteiger partial charge in [-0.05, 0) is 44.5 Å². The number of carbonyl (C=O) groups excluding carboxylic acids is 2. The SMILES string of the molecule is COCCn1c(-c2ccc(Cl)s2)nn(CC(=O)NCC(NC(=O)OC(C)(C)C)c2ccccc2C(F)(F)F)c1=O. The number of nitrogens with one attached hydrogen (secondary N) is 2. The Hall–Kier alpha value is -3.36. The van der Waals surface area contributed by atoms with Crippen LogP contribution in [-0.4, -0.2) is 52.2 Å². The van der Waals surface area contributed by atoms with Crippen molar-refractivity contribution in [2.75, 3.05) is 20.3 Å². The van der Waals surface area contributed by atoms with Gasteiger partial charge < -0.3 is 20.1 Å². The van der Waals surface area contributed by atoms with Crippen molar-refractivity contribution in [3.63, 3.8) is 0 Å². The van der Waals surface area contributed by atoms with E-state index in [0.717, 1.165) is 10.7 Å². The van der Waals surface area contributed by atoms with E-state index in [-0.39, 0.29) is 24.5 Å². The van der Waals surface area contributed by atoms with E-state index in [4.69, 9.17) is 21.1 Å². The van der Waals surface area contributed by atoms with Crippen LogP contribution in [0.5, 0.6) is 0 Å². The topological polar surface area (TPSA) is 116 Å². The third kappa shape index (κ3) is 8.32. The number of thiophene rings is 1. The molecule has 15 heteroatoms. The third-order valence-corrected chi connectivity index (χ3v) is 6.59. The fraction of sp³-hybridized carbons (Fsp3) is 0.440. The maximum atomic E-state index is 13.7. The fourth-order valence-corrected chi connectivity index (χ4v) is 4.74. The second kappa shape index (κ2) is 12.9. The smallest absolute Gasteiger partial charge is 0.416 e. The molecular formula is C25H29ClF3N5O5S. The number of rotatable bonds is 10. The van der Waals surface area contributed by atoms with Crippen molar-refractivity contribution in [2.45, 2.75) is 51.7 Å². The second-order valence-electron chi connectivity index (χ2n) is 9.60. The number of benzene rings is 1. The molecule has 3 aromatic rings. The molecule has 2 aromatic heterocycles. The molecule has 0 spiro atoms. The Bertz CT molecular complexity index is 1400. The van der Waals surface area contributed by atoms with Gasteiger partial charge in [-0.1, -0.05) is 29.8 Å². The quantitative estimate of drug-likeness (QED) is 0.353. The number of halogens is 4. The Kier molecular flexibility index (Phi) is 10.0. The van der Waals surface area contributed by atoms with Crippen LogP contribution in [0.2, 0.25) is 4.34 Å². The number of ether oxygens (including phenoxy) is 2. The van der Waals surface area contributed by atoms with Crippen LogP contribution in [0.15, 0.2) is 41.2 Å². The van der Waals surface area contributed by atoms with Gasteiger partial charge in [0.2, 0.25) is 5.91 Å². The summed E-state index contributed by atoms with van der Waals surface area (Å²) in [6.07, 6.45) is -5.67. The van der Waals surface area contributed by atoms with Crippen molar-refractivity contribution >= 4 is 34.9 Å². The van der Waals surface area contributed by atoms with Crippen molar-refractivity contribution in [3.8, 4) is 10.7 Å². The number of amides is 2. The zero-order valence-corrected chi connectivity index (χ0v) is 23.7. The van der Waals surface area contributed by atoms with Crippen molar-refractivity contribution < 1.29 is 32.2 Å². The standard InChI is InChI=1S/C25H29ClF3N5O5S/c1-24(2,3)39-22(36)31-17(15-7-5-6-8-16(15)25(27,28)29)13-30-20(35)14-34-23(37)33(11-12-38-4)21(32-34)18-9-10-19(26)40-18/h5-10,17H,11-14H2,1-4H3,(H,30,35)(H,31,36). The van der Waals surface area contributed by atoms with E-state index in [1.165, 1.54) is 41.2 Å². The summed E-state index contributed by atoms with van der Waals surface area (Å²) >= 11 is 7.23. The molecule has 1 aromatic carbocycles. The lowest BCUT2D eigenvalue weighted by Crippen LogP contribution is -2.42. The van der Waals surface area contributed by atoms with Gasteiger partial charge in [0.25, 0.3) is 0 Å². The Morgan fingerprint density at radius 3 is 2.45 bits per heavy atom. The molecule has 2 heterocycles. The molecule has 0 saturated heterocycles. The molecule has 1 unspecified atom stereocenters. The van der Waals surface area contributed by atoms with Crippen LogP contribution in [0.4, 0.5) is 18.0 Å². The largest absolute Gasteiger partial charge is 0.444 e. The molecule has 40 heavy (non-hydrogen) atoms. The van der Waals surface area contributed by atoms with Crippen LogP contribution in [0.25, 0.3) is 10.7 Å². The monoisotopic (exact) mass is 603 g/mol. The summed E-state index contributed by atoms with van der Waals surface area (Å²) < 4.78 is 54.2. The molecule has 0 aliphatic carbocycles. The van der Waals surface area contributed by atoms with Crippen LogP contribution in [0.1, 0.15) is 37.9 Å². The molecule has 0 radical (unpaired) electrons. The number of alkyl halides is 3. The number of hydrogen-bond acceptors (Lipinski definition) is 7. The maximum Gasteiger partial charge on any atom is 0.416 e. The van der Waals surface area contributed by atoms with E-state index in [9.17, 15) is 27.6 Å². The summed E-state index contributed by atoms with van der Waals surface area (Å²) in [5, 5.41) is 9.17. The van der Waals surface area contributed by atoms with Gasteiger partial charge in [-0.2, -0.15) is 13.2 Å². The second-order valence-corrected chi connectivity index (χ2v) is 11.3. The molecule has 218 valence electrons. The fourth-order valence-electron chi connectivity index (χ4n) is 3.70. The number of carbonyl (C=O) groups is 2. The van der Waals surface area contributed by atoms with Gasteiger partial charge in [0.05, 0.1) is 34.0 Å². The normalized spacial score (nSPS) is 12.7. The van der Waals surface area contributed by atoms with Gasteiger partial charge in [0.15, 0.2) is 5.82 Å². The van der Waals surface area contributed by atoms with E-state index in [0.29, 0.717) is 9.21 Å². The summed E-state index contributed by atoms with van der Waals surface area (Å²) in [5.41, 5.74) is -2.73. The number of alkyl carbamates (subject to hydrolysis) is 1. The first-order chi connectivity index (χ1) is 18.7. The van der Waals surface area contributed by atoms with Crippen LogP contribution in [-0.2, 0) is 33.5 Å². The average molecular weight is 604 g/mol. The number of methoxy groups -OCH3 is 1. The minimum Gasteiger partial charge on any atom is -0.444 e. The molecule has 0 fully saturated rings. The Balaban J connectivity index is 1.83. The van der Waals surface area contributed by atoms with Gasteiger partial charge in [0.1, 0.15) is 12.1 Å². The van der Waals surface area contributed by atoms with Crippen LogP contribution in [0.3, 0.4) is 0 Å².